The second kappa shape index (κ2) is 8.06. The third-order valence-electron chi connectivity index (χ3n) is 6.22. The maximum absolute atomic E-state index is 13.4. The highest BCUT2D eigenvalue weighted by atomic mass is 19.4. The minimum absolute atomic E-state index is 0.237. The standard InChI is InChI=1S/C24H23F3N6/c1-15-18(4-3-5-20(15)24(25,26)27)16(2)31-22-8-9-28-21-7-6-17(12-19(21)22)32-10-11-33-23(13-32)29-14-30-33/h3-9,12,14,16H,10-11,13H2,1-2H3,(H,28,31)/t16-/m1/s1. The van der Waals surface area contributed by atoms with Crippen molar-refractivity contribution in [3.05, 3.63) is 77.5 Å². The lowest BCUT2D eigenvalue weighted by Crippen LogP contribution is -2.34. The lowest BCUT2D eigenvalue weighted by atomic mass is 9.97. The van der Waals surface area contributed by atoms with Gasteiger partial charge in [-0.1, -0.05) is 12.1 Å². The van der Waals surface area contributed by atoms with Crippen LogP contribution in [0.15, 0.2) is 55.0 Å². The number of hydrogen-bond acceptors (Lipinski definition) is 5. The molecule has 6 nitrogen and oxygen atoms in total. The van der Waals surface area contributed by atoms with Crippen LogP contribution in [0, 0.1) is 6.92 Å². The van der Waals surface area contributed by atoms with E-state index in [1.54, 1.807) is 18.6 Å². The third kappa shape index (κ3) is 3.99. The smallest absolute Gasteiger partial charge is 0.378 e. The van der Waals surface area contributed by atoms with Crippen LogP contribution in [0.2, 0.25) is 0 Å². The van der Waals surface area contributed by atoms with Gasteiger partial charge in [0.2, 0.25) is 0 Å². The zero-order chi connectivity index (χ0) is 23.2. The van der Waals surface area contributed by atoms with E-state index in [1.807, 2.05) is 29.8 Å². The molecular formula is C24H23F3N6. The fourth-order valence-corrected chi connectivity index (χ4v) is 4.48. The summed E-state index contributed by atoms with van der Waals surface area (Å²) in [4.78, 5) is 11.0. The molecule has 1 atom stereocenters. The molecule has 33 heavy (non-hydrogen) atoms. The second-order valence-electron chi connectivity index (χ2n) is 8.26. The van der Waals surface area contributed by atoms with E-state index >= 15 is 0 Å². The first-order valence-corrected chi connectivity index (χ1v) is 10.7. The highest BCUT2D eigenvalue weighted by molar-refractivity contribution is 5.93. The number of anilines is 2. The molecule has 2 aromatic heterocycles. The van der Waals surface area contributed by atoms with E-state index in [1.165, 1.54) is 13.0 Å². The molecule has 4 aromatic rings. The molecule has 0 fully saturated rings. The van der Waals surface area contributed by atoms with Gasteiger partial charge in [-0.05, 0) is 55.3 Å². The molecule has 0 unspecified atom stereocenters. The number of alkyl halides is 3. The molecule has 3 heterocycles. The molecular weight excluding hydrogens is 429 g/mol. The lowest BCUT2D eigenvalue weighted by Gasteiger charge is -2.29. The van der Waals surface area contributed by atoms with Gasteiger partial charge >= 0.3 is 6.18 Å². The van der Waals surface area contributed by atoms with Crippen LogP contribution in [0.25, 0.3) is 10.9 Å². The van der Waals surface area contributed by atoms with E-state index in [4.69, 9.17) is 0 Å². The molecule has 0 amide bonds. The maximum Gasteiger partial charge on any atom is 0.416 e. The molecule has 1 aliphatic heterocycles. The number of pyridine rings is 1. The molecule has 1 aliphatic rings. The SMILES string of the molecule is Cc1c([C@@H](C)Nc2ccnc3ccc(N4CCn5ncnc5C4)cc23)cccc1C(F)(F)F. The van der Waals surface area contributed by atoms with Crippen molar-refractivity contribution in [2.45, 2.75) is 39.2 Å². The summed E-state index contributed by atoms with van der Waals surface area (Å²) in [6.07, 6.45) is -1.10. The van der Waals surface area contributed by atoms with E-state index in [0.29, 0.717) is 12.1 Å². The number of benzene rings is 2. The van der Waals surface area contributed by atoms with Crippen molar-refractivity contribution >= 4 is 22.3 Å². The largest absolute Gasteiger partial charge is 0.416 e. The minimum atomic E-state index is -4.38. The van der Waals surface area contributed by atoms with Gasteiger partial charge in [0.05, 0.1) is 24.2 Å². The Hall–Kier alpha value is -3.62. The van der Waals surface area contributed by atoms with Crippen LogP contribution in [-0.2, 0) is 19.3 Å². The molecule has 9 heteroatoms. The van der Waals surface area contributed by atoms with Crippen LogP contribution in [0.4, 0.5) is 24.5 Å². The minimum Gasteiger partial charge on any atom is -0.378 e. The predicted octanol–water partition coefficient (Wildman–Crippen LogP) is 5.35. The van der Waals surface area contributed by atoms with E-state index in [-0.39, 0.29) is 11.6 Å². The summed E-state index contributed by atoms with van der Waals surface area (Å²) < 4.78 is 42.0. The summed E-state index contributed by atoms with van der Waals surface area (Å²) in [5, 5.41) is 8.55. The lowest BCUT2D eigenvalue weighted by molar-refractivity contribution is -0.138. The Bertz CT molecular complexity index is 1310. The average molecular weight is 452 g/mol. The van der Waals surface area contributed by atoms with Crippen LogP contribution in [0.5, 0.6) is 0 Å². The zero-order valence-corrected chi connectivity index (χ0v) is 18.3. The highest BCUT2D eigenvalue weighted by Crippen LogP contribution is 2.36. The number of fused-ring (bicyclic) bond motifs is 2. The first kappa shape index (κ1) is 21.2. The fourth-order valence-electron chi connectivity index (χ4n) is 4.48. The van der Waals surface area contributed by atoms with E-state index < -0.39 is 11.7 Å². The van der Waals surface area contributed by atoms with Crippen molar-refractivity contribution < 1.29 is 13.2 Å². The van der Waals surface area contributed by atoms with E-state index in [0.717, 1.165) is 47.3 Å². The molecule has 170 valence electrons. The normalized spacial score (nSPS) is 14.9. The number of nitrogens with zero attached hydrogens (tertiary/aromatic N) is 5. The van der Waals surface area contributed by atoms with Crippen molar-refractivity contribution in [2.24, 2.45) is 0 Å². The van der Waals surface area contributed by atoms with E-state index in [2.05, 4.69) is 31.3 Å². The Kier molecular flexibility index (Phi) is 5.19. The summed E-state index contributed by atoms with van der Waals surface area (Å²) >= 11 is 0. The molecule has 2 aromatic carbocycles. The third-order valence-corrected chi connectivity index (χ3v) is 6.22. The Morgan fingerprint density at radius 3 is 2.73 bits per heavy atom. The van der Waals surface area contributed by atoms with Gasteiger partial charge in [-0.2, -0.15) is 18.3 Å². The van der Waals surface area contributed by atoms with Gasteiger partial charge in [-0.3, -0.25) is 4.98 Å². The average Bonchev–Trinajstić information content (AvgIpc) is 3.26. The van der Waals surface area contributed by atoms with Crippen molar-refractivity contribution in [1.82, 2.24) is 19.7 Å². The Morgan fingerprint density at radius 1 is 1.06 bits per heavy atom. The predicted molar refractivity (Wildman–Crippen MR) is 121 cm³/mol. The molecule has 0 saturated carbocycles. The topological polar surface area (TPSA) is 58.9 Å². The van der Waals surface area contributed by atoms with Gasteiger partial charge in [0.25, 0.3) is 0 Å². The van der Waals surface area contributed by atoms with Crippen molar-refractivity contribution in [2.75, 3.05) is 16.8 Å². The number of aromatic nitrogens is 4. The summed E-state index contributed by atoms with van der Waals surface area (Å²) in [7, 11) is 0. The molecule has 0 aliphatic carbocycles. The van der Waals surface area contributed by atoms with Crippen LogP contribution >= 0.6 is 0 Å². The molecule has 0 bridgehead atoms. The zero-order valence-electron chi connectivity index (χ0n) is 18.3. The number of hydrogen-bond donors (Lipinski definition) is 1. The number of nitrogens with one attached hydrogen (secondary N) is 1. The van der Waals surface area contributed by atoms with Gasteiger partial charge < -0.3 is 10.2 Å². The summed E-state index contributed by atoms with van der Waals surface area (Å²) in [6, 6.07) is 11.9. The molecule has 5 rings (SSSR count). The highest BCUT2D eigenvalue weighted by Gasteiger charge is 2.33. The van der Waals surface area contributed by atoms with Crippen molar-refractivity contribution in [3.63, 3.8) is 0 Å². The maximum atomic E-state index is 13.4. The van der Waals surface area contributed by atoms with Crippen molar-refractivity contribution in [1.29, 1.82) is 0 Å². The summed E-state index contributed by atoms with van der Waals surface area (Å²) in [5.74, 6) is 0.916. The number of halogens is 3. The monoisotopic (exact) mass is 452 g/mol. The van der Waals surface area contributed by atoms with Crippen LogP contribution < -0.4 is 10.2 Å². The Labute approximate surface area is 189 Å². The first-order chi connectivity index (χ1) is 15.8. The molecule has 0 spiro atoms. The molecule has 1 N–H and O–H groups in total. The molecule has 0 saturated heterocycles. The molecule has 0 radical (unpaired) electrons. The van der Waals surface area contributed by atoms with Gasteiger partial charge in [0, 0.05) is 35.5 Å². The fraction of sp³-hybridized carbons (Fsp3) is 0.292. The summed E-state index contributed by atoms with van der Waals surface area (Å²) in [6.45, 7) is 5.63. The Morgan fingerprint density at radius 2 is 1.91 bits per heavy atom. The van der Waals surface area contributed by atoms with Crippen molar-refractivity contribution in [3.8, 4) is 0 Å². The van der Waals surface area contributed by atoms with Crippen LogP contribution in [-0.4, -0.2) is 26.3 Å². The quantitative estimate of drug-likeness (QED) is 0.453. The summed E-state index contributed by atoms with van der Waals surface area (Å²) in [5.41, 5.74) is 2.93. The number of rotatable bonds is 4. The first-order valence-electron chi connectivity index (χ1n) is 10.7. The van der Waals surface area contributed by atoms with Crippen LogP contribution in [0.3, 0.4) is 0 Å². The van der Waals surface area contributed by atoms with Gasteiger partial charge in [-0.25, -0.2) is 9.67 Å². The Balaban J connectivity index is 1.46. The van der Waals surface area contributed by atoms with Gasteiger partial charge in [0.1, 0.15) is 12.2 Å². The van der Waals surface area contributed by atoms with Gasteiger partial charge in [0.15, 0.2) is 0 Å². The van der Waals surface area contributed by atoms with E-state index in [9.17, 15) is 13.2 Å². The second-order valence-corrected chi connectivity index (χ2v) is 8.26. The van der Waals surface area contributed by atoms with Gasteiger partial charge in [-0.15, -0.1) is 0 Å². The van der Waals surface area contributed by atoms with Crippen LogP contribution in [0.1, 0.15) is 35.5 Å².